The van der Waals surface area contributed by atoms with Crippen LogP contribution >= 0.6 is 0 Å². The number of hydrogen-bond donors (Lipinski definition) is 0. The second-order valence-corrected chi connectivity index (χ2v) is 9.22. The topological polar surface area (TPSA) is 43.4 Å². The van der Waals surface area contributed by atoms with E-state index in [-0.39, 0.29) is 16.6 Å². The van der Waals surface area contributed by atoms with E-state index in [1.807, 2.05) is 0 Å². The highest BCUT2D eigenvalue weighted by atomic mass is 16.5. The summed E-state index contributed by atoms with van der Waals surface area (Å²) in [6.45, 7) is 6.87. The Labute approximate surface area is 145 Å². The van der Waals surface area contributed by atoms with E-state index in [4.69, 9.17) is 4.74 Å². The lowest BCUT2D eigenvalue weighted by atomic mass is 9.45. The molecule has 4 aliphatic rings. The minimum absolute atomic E-state index is 0.0764. The summed E-state index contributed by atoms with van der Waals surface area (Å²) in [6.07, 6.45) is 6.70. The summed E-state index contributed by atoms with van der Waals surface area (Å²) in [5.41, 5.74) is 1.29. The van der Waals surface area contributed by atoms with Crippen molar-refractivity contribution < 1.29 is 14.3 Å². The molecule has 6 atom stereocenters. The van der Waals surface area contributed by atoms with E-state index in [0.29, 0.717) is 41.6 Å². The van der Waals surface area contributed by atoms with Gasteiger partial charge in [-0.15, -0.1) is 0 Å². The average molecular weight is 330 g/mol. The van der Waals surface area contributed by atoms with Gasteiger partial charge in [-0.05, 0) is 66.8 Å². The predicted molar refractivity (Wildman–Crippen MR) is 92.2 cm³/mol. The lowest BCUT2D eigenvalue weighted by molar-refractivity contribution is -0.133. The lowest BCUT2D eigenvalue weighted by Crippen LogP contribution is -2.53. The molecule has 3 saturated carbocycles. The minimum atomic E-state index is -0.0764. The van der Waals surface area contributed by atoms with Crippen LogP contribution in [-0.4, -0.2) is 18.7 Å². The van der Waals surface area contributed by atoms with Gasteiger partial charge in [0.2, 0.25) is 0 Å². The first-order valence-corrected chi connectivity index (χ1v) is 9.68. The molecule has 0 radical (unpaired) electrons. The molecule has 0 amide bonds. The van der Waals surface area contributed by atoms with E-state index < -0.39 is 0 Å². The zero-order valence-electron chi connectivity index (χ0n) is 15.5. The van der Waals surface area contributed by atoms with Crippen molar-refractivity contribution in [1.29, 1.82) is 0 Å². The largest absolute Gasteiger partial charge is 0.493 e. The zero-order valence-corrected chi connectivity index (χ0v) is 15.5. The third kappa shape index (κ3) is 1.90. The average Bonchev–Trinajstić information content (AvgIpc) is 2.84. The van der Waals surface area contributed by atoms with Gasteiger partial charge in [0.1, 0.15) is 5.78 Å². The maximum absolute atomic E-state index is 12.5. The van der Waals surface area contributed by atoms with Gasteiger partial charge in [-0.2, -0.15) is 0 Å². The highest BCUT2D eigenvalue weighted by molar-refractivity contribution is 5.95. The van der Waals surface area contributed by atoms with Crippen LogP contribution in [0.1, 0.15) is 65.7 Å². The van der Waals surface area contributed by atoms with Gasteiger partial charge in [0.25, 0.3) is 0 Å². The maximum Gasteiger partial charge on any atom is 0.197 e. The summed E-state index contributed by atoms with van der Waals surface area (Å²) in [5, 5.41) is 0. The molecule has 0 bridgehead atoms. The van der Waals surface area contributed by atoms with Crippen molar-refractivity contribution in [3.05, 3.63) is 11.3 Å². The standard InChI is InChI=1S/C21H30O3/c1-12-11-13-14-5-6-17(23)20(14,2)9-7-15(13)21(3)10-8-16(22)19(24-4)18(12)21/h12-15H,5-11H2,1-4H3/t12-,13-,14-,15-,20-,21+/m0/s1. The van der Waals surface area contributed by atoms with Crippen LogP contribution in [0.3, 0.4) is 0 Å². The van der Waals surface area contributed by atoms with Gasteiger partial charge < -0.3 is 4.74 Å². The monoisotopic (exact) mass is 330 g/mol. The fraction of sp³-hybridized carbons (Fsp3) is 0.810. The van der Waals surface area contributed by atoms with Crippen molar-refractivity contribution >= 4 is 11.6 Å². The molecule has 3 heteroatoms. The summed E-state index contributed by atoms with van der Waals surface area (Å²) in [6, 6.07) is 0. The molecular weight excluding hydrogens is 300 g/mol. The molecule has 0 aliphatic heterocycles. The molecule has 0 spiro atoms. The maximum atomic E-state index is 12.5. The van der Waals surface area contributed by atoms with Crippen LogP contribution in [-0.2, 0) is 14.3 Å². The van der Waals surface area contributed by atoms with Gasteiger partial charge >= 0.3 is 0 Å². The Hall–Kier alpha value is -1.12. The van der Waals surface area contributed by atoms with Crippen molar-refractivity contribution in [3.63, 3.8) is 0 Å². The molecule has 3 fully saturated rings. The van der Waals surface area contributed by atoms with Crippen LogP contribution in [0, 0.1) is 34.5 Å². The first-order chi connectivity index (χ1) is 11.3. The van der Waals surface area contributed by atoms with Gasteiger partial charge in [-0.3, -0.25) is 9.59 Å². The number of carbonyl (C=O) groups is 2. The number of carbonyl (C=O) groups excluding carboxylic acids is 2. The minimum Gasteiger partial charge on any atom is -0.493 e. The second-order valence-electron chi connectivity index (χ2n) is 9.22. The van der Waals surface area contributed by atoms with Gasteiger partial charge in [0.15, 0.2) is 11.5 Å². The Balaban J connectivity index is 1.78. The molecule has 4 rings (SSSR count). The van der Waals surface area contributed by atoms with Crippen molar-refractivity contribution in [2.24, 2.45) is 34.5 Å². The number of fused-ring (bicyclic) bond motifs is 5. The molecule has 0 N–H and O–H groups in total. The van der Waals surface area contributed by atoms with Crippen LogP contribution in [0.5, 0.6) is 0 Å². The van der Waals surface area contributed by atoms with E-state index in [1.54, 1.807) is 7.11 Å². The Morgan fingerprint density at radius 3 is 2.42 bits per heavy atom. The normalized spacial score (nSPS) is 48.0. The highest BCUT2D eigenvalue weighted by Gasteiger charge is 2.61. The lowest BCUT2D eigenvalue weighted by Gasteiger charge is -2.58. The molecule has 0 aromatic rings. The molecule has 132 valence electrons. The van der Waals surface area contributed by atoms with Gasteiger partial charge in [-0.25, -0.2) is 0 Å². The fourth-order valence-electron chi connectivity index (χ4n) is 7.13. The number of methoxy groups -OCH3 is 1. The first-order valence-electron chi connectivity index (χ1n) is 9.68. The molecule has 0 aromatic carbocycles. The molecule has 3 nitrogen and oxygen atoms in total. The Kier molecular flexibility index (Phi) is 3.54. The number of Topliss-reactive ketones (excluding diaryl/α,β-unsaturated/α-hetero) is 2. The van der Waals surface area contributed by atoms with Crippen LogP contribution in [0.15, 0.2) is 11.3 Å². The Morgan fingerprint density at radius 2 is 1.71 bits per heavy atom. The van der Waals surface area contributed by atoms with Crippen LogP contribution < -0.4 is 0 Å². The summed E-state index contributed by atoms with van der Waals surface area (Å²) in [7, 11) is 1.65. The Morgan fingerprint density at radius 1 is 1.00 bits per heavy atom. The Bertz CT molecular complexity index is 633. The van der Waals surface area contributed by atoms with E-state index in [2.05, 4.69) is 20.8 Å². The second kappa shape index (κ2) is 5.19. The van der Waals surface area contributed by atoms with E-state index in [1.165, 1.54) is 5.57 Å². The summed E-state index contributed by atoms with van der Waals surface area (Å²) in [4.78, 5) is 24.9. The van der Waals surface area contributed by atoms with Crippen molar-refractivity contribution in [3.8, 4) is 0 Å². The molecule has 4 aliphatic carbocycles. The highest BCUT2D eigenvalue weighted by Crippen LogP contribution is 2.66. The fourth-order valence-corrected chi connectivity index (χ4v) is 7.13. The third-order valence-corrected chi connectivity index (χ3v) is 8.27. The van der Waals surface area contributed by atoms with Crippen molar-refractivity contribution in [1.82, 2.24) is 0 Å². The van der Waals surface area contributed by atoms with Crippen LogP contribution in [0.4, 0.5) is 0 Å². The third-order valence-electron chi connectivity index (χ3n) is 8.27. The molecular formula is C21H30O3. The number of allylic oxidation sites excluding steroid dienone is 1. The number of ether oxygens (including phenoxy) is 1. The van der Waals surface area contributed by atoms with Gasteiger partial charge in [0, 0.05) is 18.3 Å². The molecule has 0 unspecified atom stereocenters. The number of ketones is 2. The number of hydrogen-bond acceptors (Lipinski definition) is 3. The van der Waals surface area contributed by atoms with Crippen LogP contribution in [0.2, 0.25) is 0 Å². The van der Waals surface area contributed by atoms with Crippen molar-refractivity contribution in [2.75, 3.05) is 7.11 Å². The summed E-state index contributed by atoms with van der Waals surface area (Å²) < 4.78 is 5.59. The van der Waals surface area contributed by atoms with Crippen molar-refractivity contribution in [2.45, 2.75) is 65.7 Å². The first kappa shape index (κ1) is 16.4. The zero-order chi connectivity index (χ0) is 17.3. The number of rotatable bonds is 1. The van der Waals surface area contributed by atoms with Gasteiger partial charge in [-0.1, -0.05) is 20.8 Å². The van der Waals surface area contributed by atoms with E-state index in [0.717, 1.165) is 38.5 Å². The molecule has 0 saturated heterocycles. The molecule has 24 heavy (non-hydrogen) atoms. The van der Waals surface area contributed by atoms with E-state index in [9.17, 15) is 9.59 Å². The van der Waals surface area contributed by atoms with Gasteiger partial charge in [0.05, 0.1) is 7.11 Å². The summed E-state index contributed by atoms with van der Waals surface area (Å²) >= 11 is 0. The SMILES string of the molecule is COC1=C2[C@@H](C)C[C@@H]3[C@H](CC[C@]4(C)C(=O)CC[C@@H]34)[C@@]2(C)CCC1=O. The quantitative estimate of drug-likeness (QED) is 0.719. The summed E-state index contributed by atoms with van der Waals surface area (Å²) in [5.74, 6) is 3.51. The molecule has 0 aromatic heterocycles. The molecule has 0 heterocycles. The van der Waals surface area contributed by atoms with E-state index >= 15 is 0 Å². The predicted octanol–water partition coefficient (Wildman–Crippen LogP) is 4.31. The van der Waals surface area contributed by atoms with Crippen LogP contribution in [0.25, 0.3) is 0 Å². The smallest absolute Gasteiger partial charge is 0.197 e.